The monoisotopic (exact) mass is 815 g/mol. The van der Waals surface area contributed by atoms with E-state index in [0.29, 0.717) is 6.61 Å². The van der Waals surface area contributed by atoms with Crippen LogP contribution in [-0.2, 0) is 27.9 Å². The molecule has 0 aromatic heterocycles. The van der Waals surface area contributed by atoms with E-state index in [1.807, 2.05) is 0 Å². The van der Waals surface area contributed by atoms with Gasteiger partial charge in [-0.05, 0) is 70.6 Å². The lowest BCUT2D eigenvalue weighted by molar-refractivity contribution is -0.154. The van der Waals surface area contributed by atoms with Crippen LogP contribution >= 0.6 is 7.82 Å². The van der Waals surface area contributed by atoms with Crippen LogP contribution < -0.4 is 0 Å². The minimum Gasteiger partial charge on any atom is -0.457 e. The summed E-state index contributed by atoms with van der Waals surface area (Å²) in [4.78, 5) is 22.6. The van der Waals surface area contributed by atoms with Gasteiger partial charge in [0.25, 0.3) is 0 Å². The molecule has 0 rings (SSSR count). The third-order valence-corrected chi connectivity index (χ3v) is 10.7. The lowest BCUT2D eigenvalue weighted by Gasteiger charge is -2.20. The topological polar surface area (TPSA) is 132 Å². The highest BCUT2D eigenvalue weighted by atomic mass is 31.2. The van der Waals surface area contributed by atoms with Gasteiger partial charge in [0.15, 0.2) is 0 Å². The van der Waals surface area contributed by atoms with E-state index in [2.05, 4.69) is 50.3 Å². The summed E-state index contributed by atoms with van der Waals surface area (Å²) in [5.41, 5.74) is 0. The van der Waals surface area contributed by atoms with E-state index >= 15 is 0 Å². The lowest BCUT2D eigenvalue weighted by Crippen LogP contribution is -2.29. The van der Waals surface area contributed by atoms with E-state index < -0.39 is 39.2 Å². The maximum absolute atomic E-state index is 12.6. The van der Waals surface area contributed by atoms with Crippen molar-refractivity contribution in [3.63, 3.8) is 0 Å². The van der Waals surface area contributed by atoms with Gasteiger partial charge in [-0.15, -0.1) is 0 Å². The van der Waals surface area contributed by atoms with Gasteiger partial charge in [-0.25, -0.2) is 4.57 Å². The average Bonchev–Trinajstić information content (AvgIpc) is 3.19. The molecule has 0 spiro atoms. The number of aliphatic hydroxyl groups excluding tert-OH is 2. The second-order valence-corrected chi connectivity index (χ2v) is 16.9. The summed E-state index contributed by atoms with van der Waals surface area (Å²) in [5, 5.41) is 18.4. The first-order valence-electron chi connectivity index (χ1n) is 23.0. The van der Waals surface area contributed by atoms with Crippen LogP contribution in [0.3, 0.4) is 0 Å². The zero-order chi connectivity index (χ0) is 41.1. The first-order valence-corrected chi connectivity index (χ1v) is 24.5. The average molecular weight is 815 g/mol. The summed E-state index contributed by atoms with van der Waals surface area (Å²) in [5.74, 6) is -0.391. The second-order valence-electron chi connectivity index (χ2n) is 15.4. The number of carbonyl (C=O) groups is 1. The maximum atomic E-state index is 12.6. The van der Waals surface area contributed by atoms with Gasteiger partial charge in [-0.3, -0.25) is 13.8 Å². The van der Waals surface area contributed by atoms with Crippen molar-refractivity contribution in [2.24, 2.45) is 0 Å². The van der Waals surface area contributed by atoms with Crippen molar-refractivity contribution in [3.8, 4) is 0 Å². The van der Waals surface area contributed by atoms with Crippen LogP contribution in [0.15, 0.2) is 36.5 Å². The highest BCUT2D eigenvalue weighted by Gasteiger charge is 2.26. The highest BCUT2D eigenvalue weighted by Crippen LogP contribution is 2.43. The van der Waals surface area contributed by atoms with E-state index in [1.165, 1.54) is 122 Å². The maximum Gasteiger partial charge on any atom is 0.472 e. The molecule has 10 heteroatoms. The molecule has 0 bridgehead atoms. The summed E-state index contributed by atoms with van der Waals surface area (Å²) >= 11 is 0. The Morgan fingerprint density at radius 2 is 0.964 bits per heavy atom. The molecule has 0 aliphatic rings. The minimum atomic E-state index is -4.52. The summed E-state index contributed by atoms with van der Waals surface area (Å²) < 4.78 is 33.4. The van der Waals surface area contributed by atoms with Crippen LogP contribution in [-0.4, -0.2) is 66.3 Å². The fourth-order valence-electron chi connectivity index (χ4n) is 6.26. The van der Waals surface area contributed by atoms with Crippen molar-refractivity contribution >= 4 is 13.8 Å². The van der Waals surface area contributed by atoms with Crippen molar-refractivity contribution in [2.45, 2.75) is 219 Å². The van der Waals surface area contributed by atoms with E-state index in [-0.39, 0.29) is 19.6 Å². The number of allylic oxidation sites excluding steroid dienone is 6. The Morgan fingerprint density at radius 3 is 1.48 bits per heavy atom. The Bertz CT molecular complexity index is 970. The number of hydrogen-bond donors (Lipinski definition) is 3. The molecule has 0 fully saturated rings. The zero-order valence-electron chi connectivity index (χ0n) is 36.1. The van der Waals surface area contributed by atoms with Crippen LogP contribution in [0.25, 0.3) is 0 Å². The van der Waals surface area contributed by atoms with Gasteiger partial charge in [0.05, 0.1) is 26.4 Å². The zero-order valence-corrected chi connectivity index (χ0v) is 37.0. The number of phosphoric ester groups is 1. The molecule has 0 amide bonds. The van der Waals surface area contributed by atoms with Gasteiger partial charge in [0.2, 0.25) is 0 Å². The third-order valence-electron chi connectivity index (χ3n) is 9.80. The molecule has 3 atom stereocenters. The molecule has 3 N–H and O–H groups in total. The number of carbonyl (C=O) groups excluding carboxylic acids is 1. The van der Waals surface area contributed by atoms with Crippen LogP contribution in [0.4, 0.5) is 0 Å². The molecular formula is C46H87O9P. The van der Waals surface area contributed by atoms with Gasteiger partial charge in [-0.2, -0.15) is 0 Å². The molecule has 9 nitrogen and oxygen atoms in total. The number of aliphatic hydroxyl groups is 2. The quantitative estimate of drug-likeness (QED) is 0.0238. The molecule has 0 heterocycles. The lowest BCUT2D eigenvalue weighted by atomic mass is 10.1. The number of phosphoric acid groups is 1. The smallest absolute Gasteiger partial charge is 0.457 e. The van der Waals surface area contributed by atoms with E-state index in [0.717, 1.165) is 64.2 Å². The molecule has 0 radical (unpaired) electrons. The number of rotatable bonds is 44. The van der Waals surface area contributed by atoms with E-state index in [9.17, 15) is 19.4 Å². The van der Waals surface area contributed by atoms with Gasteiger partial charge in [0.1, 0.15) is 12.2 Å². The SMILES string of the molecule is CCCCC/C=C\C/C=C\CCCCCCCCCCCCOCC(COP(=O)(O)OCC(O)CO)OC(=O)CCCCCCC/C=C\CCCCCCCC. The largest absolute Gasteiger partial charge is 0.472 e. The molecule has 0 aliphatic carbocycles. The van der Waals surface area contributed by atoms with E-state index in [1.54, 1.807) is 0 Å². The summed E-state index contributed by atoms with van der Waals surface area (Å²) in [6, 6.07) is 0. The van der Waals surface area contributed by atoms with Crippen LogP contribution in [0.2, 0.25) is 0 Å². The van der Waals surface area contributed by atoms with Crippen molar-refractivity contribution in [1.82, 2.24) is 0 Å². The molecule has 3 unspecified atom stereocenters. The molecular weight excluding hydrogens is 727 g/mol. The number of esters is 1. The normalized spacial score (nSPS) is 14.3. The van der Waals surface area contributed by atoms with E-state index in [4.69, 9.17) is 23.6 Å². The molecule has 0 aromatic carbocycles. The fraction of sp³-hybridized carbons (Fsp3) is 0.848. The van der Waals surface area contributed by atoms with Gasteiger partial charge in [0, 0.05) is 13.0 Å². The Balaban J connectivity index is 4.13. The Labute approximate surface area is 344 Å². The molecule has 330 valence electrons. The second kappa shape index (κ2) is 43.3. The predicted molar refractivity (Wildman–Crippen MR) is 233 cm³/mol. The number of hydrogen-bond acceptors (Lipinski definition) is 8. The predicted octanol–water partition coefficient (Wildman–Crippen LogP) is 12.8. The number of unbranched alkanes of at least 4 members (excludes halogenated alkanes) is 24. The van der Waals surface area contributed by atoms with Gasteiger partial charge in [-0.1, -0.05) is 166 Å². The molecule has 56 heavy (non-hydrogen) atoms. The van der Waals surface area contributed by atoms with Crippen molar-refractivity contribution in [1.29, 1.82) is 0 Å². The van der Waals surface area contributed by atoms with Crippen molar-refractivity contribution < 1.29 is 43.0 Å². The standard InChI is InChI=1S/C46H87O9P/c1-3-5-7-9-11-13-15-17-19-20-21-22-23-25-27-29-31-33-35-37-39-52-42-45(43-54-56(50,51)53-41-44(48)40-47)55-46(49)38-36-34-32-30-28-26-24-18-16-14-12-10-8-6-4-2/h11,13,17-19,24,44-45,47-48H,3-10,12,14-16,20-23,25-43H2,1-2H3,(H,50,51)/b13-11-,19-17-,24-18-. The molecule has 0 aromatic rings. The Kier molecular flexibility index (Phi) is 42.2. The van der Waals surface area contributed by atoms with Crippen LogP contribution in [0.1, 0.15) is 206 Å². The Morgan fingerprint density at radius 1 is 0.554 bits per heavy atom. The summed E-state index contributed by atoms with van der Waals surface area (Å²) in [6.45, 7) is 3.49. The first-order chi connectivity index (χ1) is 27.3. The van der Waals surface area contributed by atoms with Gasteiger partial charge < -0.3 is 24.6 Å². The van der Waals surface area contributed by atoms with Gasteiger partial charge >= 0.3 is 13.8 Å². The number of ether oxygens (including phenoxy) is 2. The third kappa shape index (κ3) is 42.3. The summed E-state index contributed by atoms with van der Waals surface area (Å²) in [6.07, 6.45) is 46.7. The first kappa shape index (κ1) is 54.7. The van der Waals surface area contributed by atoms with Crippen LogP contribution in [0, 0.1) is 0 Å². The fourth-order valence-corrected chi connectivity index (χ4v) is 7.05. The molecule has 0 saturated carbocycles. The van der Waals surface area contributed by atoms with Crippen molar-refractivity contribution in [2.75, 3.05) is 33.0 Å². The van der Waals surface area contributed by atoms with Crippen LogP contribution in [0.5, 0.6) is 0 Å². The molecule has 0 saturated heterocycles. The molecule has 0 aliphatic heterocycles. The van der Waals surface area contributed by atoms with Crippen molar-refractivity contribution in [3.05, 3.63) is 36.5 Å². The Hall–Kier alpha value is -1.32. The highest BCUT2D eigenvalue weighted by molar-refractivity contribution is 7.47. The summed E-state index contributed by atoms with van der Waals surface area (Å²) in [7, 11) is -4.52. The minimum absolute atomic E-state index is 0.0450.